The summed E-state index contributed by atoms with van der Waals surface area (Å²) in [5, 5.41) is 2.48. The Bertz CT molecular complexity index is 524. The van der Waals surface area contributed by atoms with E-state index in [1.54, 1.807) is 0 Å². The summed E-state index contributed by atoms with van der Waals surface area (Å²) in [6.45, 7) is 9.54. The number of pyridine rings is 2. The Morgan fingerprint density at radius 2 is 1.58 bits per heavy atom. The van der Waals surface area contributed by atoms with Gasteiger partial charge < -0.3 is 0 Å². The lowest BCUT2D eigenvalue weighted by Crippen LogP contribution is -2.56. The van der Waals surface area contributed by atoms with E-state index in [0.717, 1.165) is 9.52 Å². The number of rotatable bonds is 4. The highest BCUT2D eigenvalue weighted by Crippen LogP contribution is 2.34. The molecule has 2 radical (unpaired) electrons. The van der Waals surface area contributed by atoms with E-state index in [1.807, 2.05) is 24.5 Å². The van der Waals surface area contributed by atoms with E-state index in [4.69, 9.17) is 0 Å². The van der Waals surface area contributed by atoms with Crippen LogP contribution in [0.25, 0.3) is 0 Å². The van der Waals surface area contributed by atoms with Gasteiger partial charge in [-0.2, -0.15) is 0 Å². The average Bonchev–Trinajstić information content (AvgIpc) is 2.40. The van der Waals surface area contributed by atoms with Crippen LogP contribution in [0.4, 0.5) is 0 Å². The molecular formula is C15H20N2Si2. The van der Waals surface area contributed by atoms with Crippen molar-refractivity contribution >= 4 is 28.2 Å². The Balaban J connectivity index is 2.28. The minimum atomic E-state index is -1.63. The standard InChI is InChI=1S/C15H20N2Si2/c1-15(2,18-13-9-5-7-11-16-13)19(3,4)14-10-6-8-12-17-14/h5-12H,1-4H3. The molecule has 98 valence electrons. The smallest absolute Gasteiger partial charge is 0.111 e. The molecule has 2 nitrogen and oxygen atoms in total. The molecule has 2 rings (SSSR count). The average molecular weight is 285 g/mol. The molecule has 0 atom stereocenters. The maximum atomic E-state index is 4.60. The van der Waals surface area contributed by atoms with Gasteiger partial charge in [0, 0.05) is 23.0 Å². The predicted molar refractivity (Wildman–Crippen MR) is 85.0 cm³/mol. The van der Waals surface area contributed by atoms with Gasteiger partial charge in [-0.15, -0.1) is 0 Å². The molecule has 0 aliphatic rings. The van der Waals surface area contributed by atoms with E-state index >= 15 is 0 Å². The van der Waals surface area contributed by atoms with Gasteiger partial charge in [0.15, 0.2) is 0 Å². The third kappa shape index (κ3) is 3.01. The van der Waals surface area contributed by atoms with Crippen molar-refractivity contribution in [3.63, 3.8) is 0 Å². The summed E-state index contributed by atoms with van der Waals surface area (Å²) in [7, 11) is -0.910. The van der Waals surface area contributed by atoms with Crippen molar-refractivity contribution in [2.24, 2.45) is 0 Å². The lowest BCUT2D eigenvalue weighted by molar-refractivity contribution is 0.907. The molecule has 0 fully saturated rings. The van der Waals surface area contributed by atoms with Crippen molar-refractivity contribution in [1.82, 2.24) is 9.97 Å². The fourth-order valence-electron chi connectivity index (χ4n) is 1.97. The minimum Gasteiger partial charge on any atom is -0.267 e. The van der Waals surface area contributed by atoms with Crippen LogP contribution < -0.4 is 10.6 Å². The summed E-state index contributed by atoms with van der Waals surface area (Å²) in [6.07, 6.45) is 3.79. The lowest BCUT2D eigenvalue weighted by Gasteiger charge is -2.38. The molecule has 0 N–H and O–H groups in total. The topological polar surface area (TPSA) is 25.8 Å². The van der Waals surface area contributed by atoms with Crippen LogP contribution in [0.15, 0.2) is 48.8 Å². The molecule has 4 heteroatoms. The molecular weight excluding hydrogens is 264 g/mol. The fourth-order valence-corrected chi connectivity index (χ4v) is 6.49. The van der Waals surface area contributed by atoms with E-state index in [2.05, 4.69) is 61.2 Å². The van der Waals surface area contributed by atoms with E-state index in [-0.39, 0.29) is 4.66 Å². The minimum absolute atomic E-state index is 0.246. The van der Waals surface area contributed by atoms with Gasteiger partial charge in [-0.3, -0.25) is 9.97 Å². The van der Waals surface area contributed by atoms with Crippen LogP contribution in [0.2, 0.25) is 17.8 Å². The summed E-state index contributed by atoms with van der Waals surface area (Å²) in [5.41, 5.74) is 0. The Morgan fingerprint density at radius 3 is 2.11 bits per heavy atom. The number of hydrogen-bond donors (Lipinski definition) is 0. The first-order valence-electron chi connectivity index (χ1n) is 6.54. The second-order valence-electron chi connectivity index (χ2n) is 5.80. The van der Waals surface area contributed by atoms with Gasteiger partial charge in [-0.1, -0.05) is 39.1 Å². The first-order chi connectivity index (χ1) is 8.93. The Kier molecular flexibility index (Phi) is 4.01. The first kappa shape index (κ1) is 14.1. The summed E-state index contributed by atoms with van der Waals surface area (Å²) in [6, 6.07) is 12.4. The van der Waals surface area contributed by atoms with E-state index in [9.17, 15) is 0 Å². The highest BCUT2D eigenvalue weighted by atomic mass is 28.4. The fraction of sp³-hybridized carbons (Fsp3) is 0.333. The second-order valence-corrected chi connectivity index (χ2v) is 13.3. The normalized spacial score (nSPS) is 12.4. The van der Waals surface area contributed by atoms with Crippen LogP contribution in [-0.4, -0.2) is 27.6 Å². The molecule has 19 heavy (non-hydrogen) atoms. The van der Waals surface area contributed by atoms with E-state index in [0.29, 0.717) is 0 Å². The third-order valence-electron chi connectivity index (χ3n) is 3.97. The maximum absolute atomic E-state index is 4.60. The molecule has 0 bridgehead atoms. The van der Waals surface area contributed by atoms with Crippen LogP contribution in [0.5, 0.6) is 0 Å². The maximum Gasteiger partial charge on any atom is 0.111 e. The summed E-state index contributed by atoms with van der Waals surface area (Å²) >= 11 is 0. The van der Waals surface area contributed by atoms with Gasteiger partial charge in [0.2, 0.25) is 0 Å². The molecule has 0 aromatic carbocycles. The molecule has 0 saturated carbocycles. The van der Waals surface area contributed by atoms with Gasteiger partial charge >= 0.3 is 0 Å². The van der Waals surface area contributed by atoms with Crippen LogP contribution in [0.1, 0.15) is 13.8 Å². The Morgan fingerprint density at radius 1 is 0.947 bits per heavy atom. The van der Waals surface area contributed by atoms with Crippen molar-refractivity contribution in [2.75, 3.05) is 0 Å². The SMILES string of the molecule is CC(C)([Si]c1ccccn1)[Si](C)(C)c1ccccn1. The molecule has 0 saturated heterocycles. The van der Waals surface area contributed by atoms with Gasteiger partial charge in [0.1, 0.15) is 17.6 Å². The van der Waals surface area contributed by atoms with Crippen LogP contribution in [-0.2, 0) is 0 Å². The largest absolute Gasteiger partial charge is 0.267 e. The zero-order valence-corrected chi connectivity index (χ0v) is 14.0. The quantitative estimate of drug-likeness (QED) is 0.804. The molecule has 0 spiro atoms. The van der Waals surface area contributed by atoms with Crippen molar-refractivity contribution in [3.05, 3.63) is 48.8 Å². The second kappa shape index (κ2) is 5.39. The van der Waals surface area contributed by atoms with Gasteiger partial charge in [-0.05, 0) is 28.9 Å². The summed E-state index contributed by atoms with van der Waals surface area (Å²) in [4.78, 5) is 9.09. The highest BCUT2D eigenvalue weighted by molar-refractivity contribution is 6.99. The van der Waals surface area contributed by atoms with Crippen molar-refractivity contribution in [2.45, 2.75) is 31.6 Å². The predicted octanol–water partition coefficient (Wildman–Crippen LogP) is 2.16. The van der Waals surface area contributed by atoms with Crippen molar-refractivity contribution in [1.29, 1.82) is 0 Å². The van der Waals surface area contributed by atoms with E-state index in [1.165, 1.54) is 10.6 Å². The van der Waals surface area contributed by atoms with Gasteiger partial charge in [0.05, 0.1) is 0 Å². The summed E-state index contributed by atoms with van der Waals surface area (Å²) in [5.74, 6) is 0. The third-order valence-corrected chi connectivity index (χ3v) is 12.1. The Labute approximate surface area is 119 Å². The van der Waals surface area contributed by atoms with Gasteiger partial charge in [0.25, 0.3) is 0 Å². The number of hydrogen-bond acceptors (Lipinski definition) is 2. The molecule has 0 aliphatic carbocycles. The van der Waals surface area contributed by atoms with Crippen molar-refractivity contribution < 1.29 is 0 Å². The zero-order valence-electron chi connectivity index (χ0n) is 12.0. The Hall–Kier alpha value is -1.27. The van der Waals surface area contributed by atoms with Crippen molar-refractivity contribution in [3.8, 4) is 0 Å². The van der Waals surface area contributed by atoms with Crippen LogP contribution >= 0.6 is 0 Å². The molecule has 0 aliphatic heterocycles. The molecule has 0 amide bonds. The first-order valence-corrected chi connectivity index (χ1v) is 10.5. The molecule has 2 aromatic heterocycles. The lowest BCUT2D eigenvalue weighted by atomic mass is 10.5. The molecule has 2 aromatic rings. The number of aromatic nitrogens is 2. The highest BCUT2D eigenvalue weighted by Gasteiger charge is 2.42. The monoisotopic (exact) mass is 284 g/mol. The van der Waals surface area contributed by atoms with Gasteiger partial charge in [-0.25, -0.2) is 0 Å². The van der Waals surface area contributed by atoms with E-state index < -0.39 is 8.07 Å². The molecule has 0 unspecified atom stereocenters. The zero-order chi connectivity index (χ0) is 13.9. The number of nitrogens with zero attached hydrogens (tertiary/aromatic N) is 2. The van der Waals surface area contributed by atoms with Crippen LogP contribution in [0.3, 0.4) is 0 Å². The van der Waals surface area contributed by atoms with Crippen LogP contribution in [0, 0.1) is 0 Å². The summed E-state index contributed by atoms with van der Waals surface area (Å²) < 4.78 is 0.246. The molecule has 2 heterocycles.